The first-order valence-electron chi connectivity index (χ1n) is 11.8. The first-order chi connectivity index (χ1) is 15.2. The average Bonchev–Trinajstić information content (AvgIpc) is 2.80. The molecule has 31 heavy (non-hydrogen) atoms. The van der Waals surface area contributed by atoms with Crippen LogP contribution in [-0.4, -0.2) is 33.2 Å². The first-order valence-corrected chi connectivity index (χ1v) is 11.8. The third-order valence-corrected chi connectivity index (χ3v) is 5.69. The Balaban J connectivity index is 2.00. The summed E-state index contributed by atoms with van der Waals surface area (Å²) in [6.45, 7) is 6.92. The van der Waals surface area contributed by atoms with Crippen molar-refractivity contribution >= 4 is 0 Å². The smallest absolute Gasteiger partial charge is 0.157 e. The van der Waals surface area contributed by atoms with Crippen LogP contribution in [0.3, 0.4) is 0 Å². The van der Waals surface area contributed by atoms with Gasteiger partial charge in [-0.05, 0) is 44.6 Å². The summed E-state index contributed by atoms with van der Waals surface area (Å²) in [7, 11) is 3.39. The van der Waals surface area contributed by atoms with E-state index in [0.717, 1.165) is 62.0 Å². The number of rotatable bonds is 13. The molecule has 172 valence electrons. The van der Waals surface area contributed by atoms with Gasteiger partial charge in [0.15, 0.2) is 6.29 Å². The molecule has 1 heterocycles. The zero-order valence-corrected chi connectivity index (χ0v) is 19.7. The normalized spacial score (nSPS) is 18.0. The highest BCUT2D eigenvalue weighted by atomic mass is 16.7. The summed E-state index contributed by atoms with van der Waals surface area (Å²) in [5.74, 6) is 7.50. The highest BCUT2D eigenvalue weighted by Crippen LogP contribution is 2.29. The van der Waals surface area contributed by atoms with Crippen LogP contribution >= 0.6 is 0 Å². The molecule has 1 aliphatic heterocycles. The summed E-state index contributed by atoms with van der Waals surface area (Å²) in [5.41, 5.74) is 2.12. The number of hydrogen-bond acceptors (Lipinski definition) is 4. The van der Waals surface area contributed by atoms with Gasteiger partial charge in [-0.1, -0.05) is 50.3 Å². The molecule has 1 unspecified atom stereocenters. The van der Waals surface area contributed by atoms with Crippen LogP contribution in [0, 0.1) is 11.8 Å². The first kappa shape index (κ1) is 25.5. The fourth-order valence-corrected chi connectivity index (χ4v) is 3.98. The third kappa shape index (κ3) is 8.69. The number of methoxy groups -OCH3 is 2. The van der Waals surface area contributed by atoms with Crippen molar-refractivity contribution in [3.05, 3.63) is 42.0 Å². The number of allylic oxidation sites excluding steroid dienone is 1. The van der Waals surface area contributed by atoms with E-state index in [1.807, 2.05) is 18.2 Å². The van der Waals surface area contributed by atoms with Crippen LogP contribution in [0.4, 0.5) is 0 Å². The summed E-state index contributed by atoms with van der Waals surface area (Å²) < 4.78 is 23.3. The Morgan fingerprint density at radius 2 is 2.10 bits per heavy atom. The number of unbranched alkanes of at least 4 members (excludes halogenated alkanes) is 2. The molecule has 1 aromatic rings. The largest absolute Gasteiger partial charge is 0.496 e. The molecule has 4 nitrogen and oxygen atoms in total. The van der Waals surface area contributed by atoms with E-state index >= 15 is 0 Å². The quantitative estimate of drug-likeness (QED) is 0.207. The summed E-state index contributed by atoms with van der Waals surface area (Å²) in [6, 6.07) is 6.01. The second kappa shape index (κ2) is 15.1. The lowest BCUT2D eigenvalue weighted by molar-refractivity contribution is -0.190. The van der Waals surface area contributed by atoms with Crippen molar-refractivity contribution < 1.29 is 18.9 Å². The van der Waals surface area contributed by atoms with Gasteiger partial charge in [-0.2, -0.15) is 0 Å². The van der Waals surface area contributed by atoms with Crippen molar-refractivity contribution in [2.45, 2.75) is 89.6 Å². The Labute approximate surface area is 189 Å². The van der Waals surface area contributed by atoms with Gasteiger partial charge in [-0.25, -0.2) is 0 Å². The van der Waals surface area contributed by atoms with Gasteiger partial charge < -0.3 is 18.9 Å². The molecule has 0 aliphatic carbocycles. The topological polar surface area (TPSA) is 36.9 Å². The molecule has 4 heteroatoms. The molecule has 0 saturated carbocycles. The minimum atomic E-state index is -0.286. The van der Waals surface area contributed by atoms with Crippen molar-refractivity contribution in [2.24, 2.45) is 0 Å². The molecule has 1 fully saturated rings. The SMILES string of the molecule is C=CCc1c(OC)cccc1[C@@H](C#CCC[C@H](CCCCC)OC1CCCCO1)OC. The molecule has 0 amide bonds. The highest BCUT2D eigenvalue weighted by Gasteiger charge is 2.19. The van der Waals surface area contributed by atoms with E-state index < -0.39 is 0 Å². The molecule has 1 aromatic carbocycles. The summed E-state index contributed by atoms with van der Waals surface area (Å²) in [6.07, 6.45) is 12.2. The number of benzene rings is 1. The van der Waals surface area contributed by atoms with Gasteiger partial charge in [0.05, 0.1) is 13.2 Å². The lowest BCUT2D eigenvalue weighted by Gasteiger charge is -2.27. The Morgan fingerprint density at radius 3 is 2.77 bits per heavy atom. The molecular formula is C27H40O4. The van der Waals surface area contributed by atoms with Crippen LogP contribution in [0.25, 0.3) is 0 Å². The lowest BCUT2D eigenvalue weighted by Crippen LogP contribution is -2.28. The van der Waals surface area contributed by atoms with Crippen LogP contribution < -0.4 is 4.74 Å². The molecule has 0 aromatic heterocycles. The average molecular weight is 429 g/mol. The van der Waals surface area contributed by atoms with Gasteiger partial charge in [-0.15, -0.1) is 12.5 Å². The zero-order chi connectivity index (χ0) is 22.3. The van der Waals surface area contributed by atoms with Gasteiger partial charge >= 0.3 is 0 Å². The number of hydrogen-bond donors (Lipinski definition) is 0. The monoisotopic (exact) mass is 428 g/mol. The van der Waals surface area contributed by atoms with Crippen LogP contribution in [-0.2, 0) is 20.6 Å². The summed E-state index contributed by atoms with van der Waals surface area (Å²) >= 11 is 0. The van der Waals surface area contributed by atoms with Crippen LogP contribution in [0.15, 0.2) is 30.9 Å². The highest BCUT2D eigenvalue weighted by molar-refractivity contribution is 5.44. The standard InChI is InChI=1S/C27H40O4/c1-5-7-8-15-22(31-27-20-11-12-21-30-27)16-9-10-18-25(28-3)24-17-13-19-26(29-4)23(24)14-6-2/h6,13,17,19,22,25,27H,2,5,7-9,11-12,14-16,20-21H2,1,3-4H3/t22-,25+,27?/m0/s1. The van der Waals surface area contributed by atoms with Gasteiger partial charge in [0.25, 0.3) is 0 Å². The van der Waals surface area contributed by atoms with E-state index in [1.165, 1.54) is 25.7 Å². The van der Waals surface area contributed by atoms with E-state index in [2.05, 4.69) is 31.4 Å². The Morgan fingerprint density at radius 1 is 1.23 bits per heavy atom. The van der Waals surface area contributed by atoms with E-state index in [-0.39, 0.29) is 18.5 Å². The Kier molecular flexibility index (Phi) is 12.4. The van der Waals surface area contributed by atoms with Crippen molar-refractivity contribution in [3.63, 3.8) is 0 Å². The predicted octanol–water partition coefficient (Wildman–Crippen LogP) is 6.39. The van der Waals surface area contributed by atoms with Crippen LogP contribution in [0.5, 0.6) is 5.75 Å². The van der Waals surface area contributed by atoms with E-state index in [0.29, 0.717) is 0 Å². The van der Waals surface area contributed by atoms with Crippen molar-refractivity contribution in [1.29, 1.82) is 0 Å². The lowest BCUT2D eigenvalue weighted by atomic mass is 9.98. The second-order valence-corrected chi connectivity index (χ2v) is 8.05. The van der Waals surface area contributed by atoms with E-state index in [1.54, 1.807) is 14.2 Å². The fourth-order valence-electron chi connectivity index (χ4n) is 3.98. The van der Waals surface area contributed by atoms with Gasteiger partial charge in [0.1, 0.15) is 11.9 Å². The second-order valence-electron chi connectivity index (χ2n) is 8.05. The molecule has 0 N–H and O–H groups in total. The van der Waals surface area contributed by atoms with Crippen molar-refractivity contribution in [2.75, 3.05) is 20.8 Å². The zero-order valence-electron chi connectivity index (χ0n) is 19.7. The van der Waals surface area contributed by atoms with Crippen LogP contribution in [0.2, 0.25) is 0 Å². The minimum absolute atomic E-state index is 0.0432. The maximum absolute atomic E-state index is 6.29. The van der Waals surface area contributed by atoms with E-state index in [4.69, 9.17) is 18.9 Å². The molecule has 0 spiro atoms. The molecule has 3 atom stereocenters. The maximum Gasteiger partial charge on any atom is 0.157 e. The predicted molar refractivity (Wildman–Crippen MR) is 126 cm³/mol. The molecule has 1 saturated heterocycles. The van der Waals surface area contributed by atoms with Gasteiger partial charge in [-0.3, -0.25) is 0 Å². The van der Waals surface area contributed by atoms with Gasteiger partial charge in [0, 0.05) is 31.3 Å². The fraction of sp³-hybridized carbons (Fsp3) is 0.630. The van der Waals surface area contributed by atoms with E-state index in [9.17, 15) is 0 Å². The van der Waals surface area contributed by atoms with Crippen molar-refractivity contribution in [1.82, 2.24) is 0 Å². The third-order valence-electron chi connectivity index (χ3n) is 5.69. The Bertz CT molecular complexity index is 697. The summed E-state index contributed by atoms with van der Waals surface area (Å²) in [5, 5.41) is 0. The van der Waals surface area contributed by atoms with Crippen molar-refractivity contribution in [3.8, 4) is 17.6 Å². The molecule has 2 rings (SSSR count). The Hall–Kier alpha value is -1.80. The van der Waals surface area contributed by atoms with Gasteiger partial charge in [0.2, 0.25) is 0 Å². The minimum Gasteiger partial charge on any atom is -0.496 e. The summed E-state index contributed by atoms with van der Waals surface area (Å²) in [4.78, 5) is 0. The number of ether oxygens (including phenoxy) is 4. The molecule has 1 aliphatic rings. The maximum atomic E-state index is 6.29. The molecule has 0 bridgehead atoms. The molecule has 0 radical (unpaired) electrons. The molecular weight excluding hydrogens is 388 g/mol. The van der Waals surface area contributed by atoms with Crippen LogP contribution in [0.1, 0.15) is 81.9 Å².